The molecule has 6 nitrogen and oxygen atoms in total. The highest BCUT2D eigenvalue weighted by Crippen LogP contribution is 2.13. The van der Waals surface area contributed by atoms with E-state index in [1.807, 2.05) is 6.92 Å². The van der Waals surface area contributed by atoms with Crippen molar-refractivity contribution < 1.29 is 14.7 Å². The summed E-state index contributed by atoms with van der Waals surface area (Å²) in [5.41, 5.74) is 1.37. The number of aliphatic carboxylic acids is 1. The van der Waals surface area contributed by atoms with Gasteiger partial charge in [-0.1, -0.05) is 6.92 Å². The minimum absolute atomic E-state index is 0.481. The Labute approximate surface area is 92.6 Å². The molecule has 0 saturated carbocycles. The number of nitrogens with one attached hydrogen (secondary N) is 1. The lowest BCUT2D eigenvalue weighted by Crippen LogP contribution is -2.09. The Hall–Kier alpha value is -2.11. The van der Waals surface area contributed by atoms with Crippen LogP contribution in [0.2, 0.25) is 0 Å². The molecular weight excluding hydrogens is 210 g/mol. The van der Waals surface area contributed by atoms with E-state index in [1.54, 1.807) is 17.9 Å². The fourth-order valence-corrected chi connectivity index (χ4v) is 1.22. The molecule has 86 valence electrons. The normalized spacial score (nSPS) is 10.6. The number of carbonyl (C=O) groups is 2. The van der Waals surface area contributed by atoms with Crippen LogP contribution in [0.15, 0.2) is 18.3 Å². The van der Waals surface area contributed by atoms with Crippen LogP contribution in [0.25, 0.3) is 0 Å². The molecule has 6 heteroatoms. The molecular formula is C10H13N3O3. The van der Waals surface area contributed by atoms with E-state index in [0.29, 0.717) is 12.1 Å². The van der Waals surface area contributed by atoms with Crippen molar-refractivity contribution in [2.24, 2.45) is 7.05 Å². The van der Waals surface area contributed by atoms with Crippen molar-refractivity contribution in [3.8, 4) is 0 Å². The summed E-state index contributed by atoms with van der Waals surface area (Å²) in [7, 11) is 1.75. The third-order valence-electron chi connectivity index (χ3n) is 1.88. The molecule has 0 fully saturated rings. The molecule has 0 aromatic carbocycles. The van der Waals surface area contributed by atoms with Crippen molar-refractivity contribution in [3.63, 3.8) is 0 Å². The topological polar surface area (TPSA) is 84.2 Å². The van der Waals surface area contributed by atoms with Crippen LogP contribution in [0, 0.1) is 0 Å². The van der Waals surface area contributed by atoms with Gasteiger partial charge in [-0.3, -0.25) is 9.48 Å². The summed E-state index contributed by atoms with van der Waals surface area (Å²) >= 11 is 0. The number of hydrogen-bond donors (Lipinski definition) is 2. The summed E-state index contributed by atoms with van der Waals surface area (Å²) < 4.78 is 1.59. The second-order valence-electron chi connectivity index (χ2n) is 3.18. The SMILES string of the molecule is CCc1nn(C)cc1NC(=O)/C=C/C(=O)O. The molecule has 2 N–H and O–H groups in total. The van der Waals surface area contributed by atoms with E-state index in [9.17, 15) is 9.59 Å². The van der Waals surface area contributed by atoms with Gasteiger partial charge in [0.1, 0.15) is 0 Å². The van der Waals surface area contributed by atoms with Crippen LogP contribution in [0.5, 0.6) is 0 Å². The van der Waals surface area contributed by atoms with E-state index in [2.05, 4.69) is 10.4 Å². The number of aromatic nitrogens is 2. The molecule has 1 amide bonds. The molecule has 0 aliphatic rings. The van der Waals surface area contributed by atoms with Gasteiger partial charge in [-0.2, -0.15) is 5.10 Å². The number of hydrogen-bond acceptors (Lipinski definition) is 3. The predicted octanol–water partition coefficient (Wildman–Crippen LogP) is 0.562. The van der Waals surface area contributed by atoms with Gasteiger partial charge in [0, 0.05) is 25.4 Å². The van der Waals surface area contributed by atoms with Gasteiger partial charge in [-0.15, -0.1) is 0 Å². The van der Waals surface area contributed by atoms with Crippen molar-refractivity contribution in [1.29, 1.82) is 0 Å². The van der Waals surface area contributed by atoms with Crippen molar-refractivity contribution >= 4 is 17.6 Å². The van der Waals surface area contributed by atoms with Crippen LogP contribution in [0.4, 0.5) is 5.69 Å². The quantitative estimate of drug-likeness (QED) is 0.730. The van der Waals surface area contributed by atoms with Gasteiger partial charge in [0.15, 0.2) is 0 Å². The molecule has 0 saturated heterocycles. The number of carboxylic acid groups (broad SMARTS) is 1. The number of carbonyl (C=O) groups excluding carboxylic acids is 1. The number of rotatable bonds is 4. The van der Waals surface area contributed by atoms with E-state index in [-0.39, 0.29) is 0 Å². The van der Waals surface area contributed by atoms with Crippen LogP contribution in [0.1, 0.15) is 12.6 Å². The highest BCUT2D eigenvalue weighted by molar-refractivity contribution is 6.02. The molecule has 0 spiro atoms. The van der Waals surface area contributed by atoms with Gasteiger partial charge in [-0.25, -0.2) is 4.79 Å². The average molecular weight is 223 g/mol. The first kappa shape index (κ1) is 12.0. The maximum Gasteiger partial charge on any atom is 0.328 e. The molecule has 0 radical (unpaired) electrons. The maximum absolute atomic E-state index is 11.3. The van der Waals surface area contributed by atoms with E-state index in [0.717, 1.165) is 17.8 Å². The van der Waals surface area contributed by atoms with E-state index < -0.39 is 11.9 Å². The third-order valence-corrected chi connectivity index (χ3v) is 1.88. The molecule has 1 aromatic rings. The Balaban J connectivity index is 2.72. The second kappa shape index (κ2) is 5.11. The van der Waals surface area contributed by atoms with Crippen molar-refractivity contribution in [2.45, 2.75) is 13.3 Å². The highest BCUT2D eigenvalue weighted by Gasteiger charge is 2.07. The van der Waals surface area contributed by atoms with Gasteiger partial charge in [0.05, 0.1) is 11.4 Å². The maximum atomic E-state index is 11.3. The summed E-state index contributed by atoms with van der Waals surface area (Å²) in [6.07, 6.45) is 4.12. The molecule has 1 rings (SSSR count). The van der Waals surface area contributed by atoms with Crippen LogP contribution in [-0.4, -0.2) is 26.8 Å². The Kier molecular flexibility index (Phi) is 3.82. The Bertz CT molecular complexity index is 435. The van der Waals surface area contributed by atoms with Crippen molar-refractivity contribution in [1.82, 2.24) is 9.78 Å². The predicted molar refractivity (Wildman–Crippen MR) is 58.0 cm³/mol. The van der Waals surface area contributed by atoms with Gasteiger partial charge >= 0.3 is 5.97 Å². The molecule has 16 heavy (non-hydrogen) atoms. The summed E-state index contributed by atoms with van der Waals surface area (Å²) in [5.74, 6) is -1.64. The van der Waals surface area contributed by atoms with Crippen molar-refractivity contribution in [2.75, 3.05) is 5.32 Å². The number of amides is 1. The lowest BCUT2D eigenvalue weighted by molar-refractivity contribution is -0.131. The van der Waals surface area contributed by atoms with Crippen LogP contribution in [0.3, 0.4) is 0 Å². The lowest BCUT2D eigenvalue weighted by atomic mass is 10.3. The molecule has 1 aromatic heterocycles. The minimum atomic E-state index is -1.16. The number of anilines is 1. The Morgan fingerprint density at radius 1 is 1.56 bits per heavy atom. The molecule has 0 atom stereocenters. The van der Waals surface area contributed by atoms with Crippen LogP contribution < -0.4 is 5.32 Å². The van der Waals surface area contributed by atoms with Crippen LogP contribution in [-0.2, 0) is 23.1 Å². The molecule has 1 heterocycles. The highest BCUT2D eigenvalue weighted by atomic mass is 16.4. The number of nitrogens with zero attached hydrogens (tertiary/aromatic N) is 2. The number of aryl methyl sites for hydroxylation is 2. The zero-order chi connectivity index (χ0) is 12.1. The minimum Gasteiger partial charge on any atom is -0.478 e. The second-order valence-corrected chi connectivity index (χ2v) is 3.18. The van der Waals surface area contributed by atoms with Crippen molar-refractivity contribution in [3.05, 3.63) is 24.0 Å². The fourth-order valence-electron chi connectivity index (χ4n) is 1.22. The third kappa shape index (κ3) is 3.23. The zero-order valence-electron chi connectivity index (χ0n) is 9.10. The first-order chi connectivity index (χ1) is 7.52. The average Bonchev–Trinajstić information content (AvgIpc) is 2.55. The van der Waals surface area contributed by atoms with Gasteiger partial charge in [0.25, 0.3) is 0 Å². The fraction of sp³-hybridized carbons (Fsp3) is 0.300. The summed E-state index contributed by atoms with van der Waals surface area (Å²) in [6.45, 7) is 1.92. The summed E-state index contributed by atoms with van der Waals surface area (Å²) in [6, 6.07) is 0. The van der Waals surface area contributed by atoms with Gasteiger partial charge in [0.2, 0.25) is 5.91 Å². The monoisotopic (exact) mass is 223 g/mol. The number of carboxylic acids is 1. The molecule has 0 aliphatic heterocycles. The van der Waals surface area contributed by atoms with E-state index in [1.165, 1.54) is 0 Å². The van der Waals surface area contributed by atoms with Crippen LogP contribution >= 0.6 is 0 Å². The first-order valence-electron chi connectivity index (χ1n) is 4.77. The molecule has 0 bridgehead atoms. The Morgan fingerprint density at radius 3 is 2.81 bits per heavy atom. The molecule has 0 unspecified atom stereocenters. The van der Waals surface area contributed by atoms with Gasteiger partial charge < -0.3 is 10.4 Å². The zero-order valence-corrected chi connectivity index (χ0v) is 9.10. The first-order valence-corrected chi connectivity index (χ1v) is 4.77. The van der Waals surface area contributed by atoms with E-state index in [4.69, 9.17) is 5.11 Å². The largest absolute Gasteiger partial charge is 0.478 e. The lowest BCUT2D eigenvalue weighted by Gasteiger charge is -1.99. The smallest absolute Gasteiger partial charge is 0.328 e. The Morgan fingerprint density at radius 2 is 2.25 bits per heavy atom. The summed E-state index contributed by atoms with van der Waals surface area (Å²) in [5, 5.41) is 15.1. The summed E-state index contributed by atoms with van der Waals surface area (Å²) in [4.78, 5) is 21.5. The van der Waals surface area contributed by atoms with Gasteiger partial charge in [-0.05, 0) is 6.42 Å². The van der Waals surface area contributed by atoms with E-state index >= 15 is 0 Å². The molecule has 0 aliphatic carbocycles. The standard InChI is InChI=1S/C10H13N3O3/c1-3-7-8(6-13(2)12-7)11-9(14)4-5-10(15)16/h4-6H,3H2,1-2H3,(H,11,14)(H,15,16)/b5-4+.